The Bertz CT molecular complexity index is 384. The minimum absolute atomic E-state index is 0.673. The van der Waals surface area contributed by atoms with Crippen molar-refractivity contribution in [2.45, 2.75) is 13.8 Å². The van der Waals surface area contributed by atoms with Gasteiger partial charge in [0, 0.05) is 5.56 Å². The van der Waals surface area contributed by atoms with Gasteiger partial charge in [-0.1, -0.05) is 12.1 Å². The third-order valence-corrected chi connectivity index (χ3v) is 1.98. The van der Waals surface area contributed by atoms with E-state index in [2.05, 4.69) is 11.1 Å². The molecule has 0 saturated heterocycles. The van der Waals surface area contributed by atoms with Crippen molar-refractivity contribution in [2.24, 2.45) is 0 Å². The van der Waals surface area contributed by atoms with Crippen LogP contribution in [0.5, 0.6) is 0 Å². The Morgan fingerprint density at radius 2 is 2.23 bits per heavy atom. The second kappa shape index (κ2) is 3.05. The molecule has 2 heteroatoms. The fraction of sp³-hybridized carbons (Fsp3) is 0.182. The van der Waals surface area contributed by atoms with Crippen molar-refractivity contribution in [1.29, 1.82) is 0 Å². The van der Waals surface area contributed by atoms with Gasteiger partial charge in [0.1, 0.15) is 5.76 Å². The maximum Gasteiger partial charge on any atom is 0.226 e. The summed E-state index contributed by atoms with van der Waals surface area (Å²) in [5.74, 6) is 1.55. The lowest BCUT2D eigenvalue weighted by Crippen LogP contribution is -1.76. The molecule has 0 bridgehead atoms. The summed E-state index contributed by atoms with van der Waals surface area (Å²) in [7, 11) is 0. The Labute approximate surface area is 77.2 Å². The monoisotopic (exact) mass is 172 g/mol. The lowest BCUT2D eigenvalue weighted by atomic mass is 10.2. The molecule has 2 aromatic rings. The van der Waals surface area contributed by atoms with Crippen molar-refractivity contribution < 1.29 is 4.42 Å². The van der Waals surface area contributed by atoms with Gasteiger partial charge in [0.05, 0.1) is 5.69 Å². The minimum Gasteiger partial charge on any atom is -0.441 e. The molecule has 0 spiro atoms. The highest BCUT2D eigenvalue weighted by molar-refractivity contribution is 5.52. The molecule has 0 N–H and O–H groups in total. The van der Waals surface area contributed by atoms with Crippen molar-refractivity contribution in [3.8, 4) is 11.5 Å². The maximum atomic E-state index is 5.47. The quantitative estimate of drug-likeness (QED) is 0.661. The van der Waals surface area contributed by atoms with E-state index in [9.17, 15) is 0 Å². The lowest BCUT2D eigenvalue weighted by Gasteiger charge is -1.91. The number of oxazole rings is 1. The molecule has 0 atom stereocenters. The lowest BCUT2D eigenvalue weighted by molar-refractivity contribution is 0.541. The van der Waals surface area contributed by atoms with Crippen LogP contribution < -0.4 is 0 Å². The van der Waals surface area contributed by atoms with E-state index < -0.39 is 0 Å². The van der Waals surface area contributed by atoms with Crippen LogP contribution in [0, 0.1) is 19.9 Å². The van der Waals surface area contributed by atoms with Crippen molar-refractivity contribution in [3.05, 3.63) is 41.8 Å². The predicted octanol–water partition coefficient (Wildman–Crippen LogP) is 2.76. The van der Waals surface area contributed by atoms with Gasteiger partial charge in [0.2, 0.25) is 5.89 Å². The standard InChI is InChI=1S/C11H10NO/c1-8-9(2)13-11(12-8)10-6-4-3-5-7-10/h3-4,6-7H,1-2H3. The van der Waals surface area contributed by atoms with Crippen LogP contribution in [-0.4, -0.2) is 4.98 Å². The molecule has 65 valence electrons. The van der Waals surface area contributed by atoms with Gasteiger partial charge in [-0.3, -0.25) is 0 Å². The van der Waals surface area contributed by atoms with Crippen molar-refractivity contribution in [1.82, 2.24) is 4.98 Å². The van der Waals surface area contributed by atoms with Gasteiger partial charge in [0.15, 0.2) is 0 Å². The third kappa shape index (κ3) is 1.47. The maximum absolute atomic E-state index is 5.47. The van der Waals surface area contributed by atoms with Gasteiger partial charge >= 0.3 is 0 Å². The number of benzene rings is 1. The molecule has 0 aliphatic heterocycles. The summed E-state index contributed by atoms with van der Waals surface area (Å²) < 4.78 is 5.47. The highest BCUT2D eigenvalue weighted by Gasteiger charge is 2.06. The topological polar surface area (TPSA) is 26.0 Å². The summed E-state index contributed by atoms with van der Waals surface area (Å²) >= 11 is 0. The fourth-order valence-corrected chi connectivity index (χ4v) is 1.12. The average molecular weight is 172 g/mol. The van der Waals surface area contributed by atoms with Gasteiger partial charge in [-0.25, -0.2) is 4.98 Å². The molecule has 0 aliphatic rings. The van der Waals surface area contributed by atoms with Crippen molar-refractivity contribution in [3.63, 3.8) is 0 Å². The van der Waals surface area contributed by atoms with Crippen molar-refractivity contribution in [2.75, 3.05) is 0 Å². The van der Waals surface area contributed by atoms with Crippen LogP contribution in [0.4, 0.5) is 0 Å². The highest BCUT2D eigenvalue weighted by Crippen LogP contribution is 2.20. The molecule has 0 aliphatic carbocycles. The predicted molar refractivity (Wildman–Crippen MR) is 50.2 cm³/mol. The number of aromatic nitrogens is 1. The molecular weight excluding hydrogens is 162 g/mol. The molecule has 1 aromatic heterocycles. The zero-order valence-corrected chi connectivity index (χ0v) is 7.66. The van der Waals surface area contributed by atoms with Crippen LogP contribution in [-0.2, 0) is 0 Å². The summed E-state index contributed by atoms with van der Waals surface area (Å²) in [6.07, 6.45) is 0. The van der Waals surface area contributed by atoms with Crippen LogP contribution in [0.1, 0.15) is 11.5 Å². The fourth-order valence-electron chi connectivity index (χ4n) is 1.12. The Morgan fingerprint density at radius 1 is 1.38 bits per heavy atom. The average Bonchev–Trinajstić information content (AvgIpc) is 2.49. The molecule has 0 fully saturated rings. The zero-order valence-electron chi connectivity index (χ0n) is 7.66. The first-order valence-corrected chi connectivity index (χ1v) is 4.18. The van der Waals surface area contributed by atoms with E-state index in [1.54, 1.807) is 0 Å². The molecular formula is C11H10NO. The van der Waals surface area contributed by atoms with Gasteiger partial charge in [0.25, 0.3) is 0 Å². The molecule has 13 heavy (non-hydrogen) atoms. The van der Waals surface area contributed by atoms with Crippen molar-refractivity contribution >= 4 is 0 Å². The SMILES string of the molecule is Cc1nc(-c2c[c]ccc2)oc1C. The summed E-state index contributed by atoms with van der Waals surface area (Å²) in [5.41, 5.74) is 1.91. The first-order chi connectivity index (χ1) is 6.27. The largest absolute Gasteiger partial charge is 0.441 e. The van der Waals surface area contributed by atoms with E-state index >= 15 is 0 Å². The third-order valence-electron chi connectivity index (χ3n) is 1.98. The van der Waals surface area contributed by atoms with E-state index in [0.717, 1.165) is 17.0 Å². The Balaban J connectivity index is 2.48. The summed E-state index contributed by atoms with van der Waals surface area (Å²) in [4.78, 5) is 4.29. The molecule has 1 radical (unpaired) electrons. The zero-order chi connectivity index (χ0) is 9.26. The molecule has 2 nitrogen and oxygen atoms in total. The molecule has 2 rings (SSSR count). The summed E-state index contributed by atoms with van der Waals surface area (Å²) in [5, 5.41) is 0. The second-order valence-electron chi connectivity index (χ2n) is 2.95. The molecule has 0 saturated carbocycles. The van der Waals surface area contributed by atoms with Crippen LogP contribution in [0.3, 0.4) is 0 Å². The Kier molecular flexibility index (Phi) is 1.89. The number of hydrogen-bond donors (Lipinski definition) is 0. The van der Waals surface area contributed by atoms with E-state index in [-0.39, 0.29) is 0 Å². The minimum atomic E-state index is 0.673. The molecule has 0 amide bonds. The number of rotatable bonds is 1. The molecule has 1 aromatic carbocycles. The number of hydrogen-bond acceptors (Lipinski definition) is 2. The smallest absolute Gasteiger partial charge is 0.226 e. The van der Waals surface area contributed by atoms with Gasteiger partial charge in [-0.05, 0) is 32.0 Å². The van der Waals surface area contributed by atoms with E-state index in [4.69, 9.17) is 4.42 Å². The first kappa shape index (κ1) is 8.05. The van der Waals surface area contributed by atoms with E-state index in [0.29, 0.717) is 5.89 Å². The molecule has 1 heterocycles. The Hall–Kier alpha value is -1.57. The Morgan fingerprint density at radius 3 is 2.77 bits per heavy atom. The van der Waals surface area contributed by atoms with E-state index in [1.165, 1.54) is 0 Å². The van der Waals surface area contributed by atoms with Gasteiger partial charge in [-0.15, -0.1) is 0 Å². The van der Waals surface area contributed by atoms with E-state index in [1.807, 2.05) is 38.1 Å². The van der Waals surface area contributed by atoms with Gasteiger partial charge < -0.3 is 4.42 Å². The van der Waals surface area contributed by atoms with Gasteiger partial charge in [-0.2, -0.15) is 0 Å². The number of nitrogens with zero attached hydrogens (tertiary/aromatic N) is 1. The van der Waals surface area contributed by atoms with Crippen LogP contribution in [0.15, 0.2) is 28.7 Å². The summed E-state index contributed by atoms with van der Waals surface area (Å²) in [6.45, 7) is 3.85. The second-order valence-corrected chi connectivity index (χ2v) is 2.95. The normalized spacial score (nSPS) is 10.3. The summed E-state index contributed by atoms with van der Waals surface area (Å²) in [6, 6.07) is 10.6. The van der Waals surface area contributed by atoms with Crippen LogP contribution in [0.25, 0.3) is 11.5 Å². The number of aryl methyl sites for hydroxylation is 2. The van der Waals surface area contributed by atoms with Crippen LogP contribution >= 0.6 is 0 Å². The molecule has 0 unspecified atom stereocenters. The first-order valence-electron chi connectivity index (χ1n) is 4.18. The highest BCUT2D eigenvalue weighted by atomic mass is 16.4. The van der Waals surface area contributed by atoms with Crippen LogP contribution in [0.2, 0.25) is 0 Å².